The number of nitrogens with one attached hydrogen (secondary N) is 2. The minimum atomic E-state index is -0.378. The van der Waals surface area contributed by atoms with E-state index in [2.05, 4.69) is 20.5 Å². The summed E-state index contributed by atoms with van der Waals surface area (Å²) < 4.78 is 5.09. The zero-order chi connectivity index (χ0) is 18.2. The van der Waals surface area contributed by atoms with Crippen LogP contribution >= 0.6 is 24.0 Å². The van der Waals surface area contributed by atoms with E-state index in [9.17, 15) is 9.59 Å². The first-order chi connectivity index (χ1) is 11.3. The Labute approximate surface area is 168 Å². The Bertz CT molecular complexity index is 455. The molecule has 1 aliphatic heterocycles. The highest BCUT2D eigenvalue weighted by molar-refractivity contribution is 14.0. The first-order valence-corrected chi connectivity index (χ1v) is 8.70. The molecule has 1 amide bonds. The molecular formula is C17H33IN4O3. The molecule has 1 saturated heterocycles. The van der Waals surface area contributed by atoms with Gasteiger partial charge in [-0.05, 0) is 19.8 Å². The number of carbonyl (C=O) groups excluding carboxylic acids is 2. The maximum absolute atomic E-state index is 11.8. The third-order valence-corrected chi connectivity index (χ3v) is 4.00. The lowest BCUT2D eigenvalue weighted by molar-refractivity contribution is -0.149. The van der Waals surface area contributed by atoms with Gasteiger partial charge in [0, 0.05) is 38.6 Å². The van der Waals surface area contributed by atoms with Crippen LogP contribution in [0.25, 0.3) is 0 Å². The number of halogens is 1. The van der Waals surface area contributed by atoms with Gasteiger partial charge in [-0.2, -0.15) is 0 Å². The number of likely N-dealkylation sites (tertiary alicyclic amines) is 1. The molecule has 1 rings (SSSR count). The predicted octanol–water partition coefficient (Wildman–Crippen LogP) is 1.62. The van der Waals surface area contributed by atoms with E-state index in [4.69, 9.17) is 4.74 Å². The SMILES string of the molecule is CCOC(=O)C1CCN(C(=NC)NCCNC(=O)C(C)(C)C)CC1.I. The van der Waals surface area contributed by atoms with Crippen LogP contribution in [-0.4, -0.2) is 62.6 Å². The van der Waals surface area contributed by atoms with Gasteiger partial charge < -0.3 is 20.3 Å². The van der Waals surface area contributed by atoms with Gasteiger partial charge in [0.1, 0.15) is 0 Å². The second-order valence-electron chi connectivity index (χ2n) is 6.99. The molecule has 7 nitrogen and oxygen atoms in total. The topological polar surface area (TPSA) is 83.0 Å². The van der Waals surface area contributed by atoms with E-state index < -0.39 is 0 Å². The molecule has 0 atom stereocenters. The Morgan fingerprint density at radius 2 is 1.72 bits per heavy atom. The number of carbonyl (C=O) groups is 2. The number of amides is 1. The number of aliphatic imine (C=N–C) groups is 1. The smallest absolute Gasteiger partial charge is 0.309 e. The minimum absolute atomic E-state index is 0. The molecule has 0 unspecified atom stereocenters. The third-order valence-electron chi connectivity index (χ3n) is 4.00. The van der Waals surface area contributed by atoms with Crippen molar-refractivity contribution < 1.29 is 14.3 Å². The molecule has 0 bridgehead atoms. The summed E-state index contributed by atoms with van der Waals surface area (Å²) in [6.45, 7) is 10.7. The van der Waals surface area contributed by atoms with E-state index in [1.54, 1.807) is 7.05 Å². The van der Waals surface area contributed by atoms with Crippen molar-refractivity contribution in [3.8, 4) is 0 Å². The molecule has 0 saturated carbocycles. The van der Waals surface area contributed by atoms with Crippen molar-refractivity contribution in [1.82, 2.24) is 15.5 Å². The summed E-state index contributed by atoms with van der Waals surface area (Å²) in [5.41, 5.74) is -0.378. The molecule has 0 aromatic heterocycles. The van der Waals surface area contributed by atoms with E-state index in [1.807, 2.05) is 27.7 Å². The molecule has 25 heavy (non-hydrogen) atoms. The summed E-state index contributed by atoms with van der Waals surface area (Å²) in [6.07, 6.45) is 1.56. The highest BCUT2D eigenvalue weighted by atomic mass is 127. The van der Waals surface area contributed by atoms with Crippen LogP contribution in [-0.2, 0) is 14.3 Å². The van der Waals surface area contributed by atoms with Crippen LogP contribution in [0.5, 0.6) is 0 Å². The third kappa shape index (κ3) is 8.24. The van der Waals surface area contributed by atoms with Crippen molar-refractivity contribution in [1.29, 1.82) is 0 Å². The summed E-state index contributed by atoms with van der Waals surface area (Å²) in [4.78, 5) is 30.0. The van der Waals surface area contributed by atoms with E-state index in [0.29, 0.717) is 19.7 Å². The summed E-state index contributed by atoms with van der Waals surface area (Å²) in [5.74, 6) is 0.743. The fourth-order valence-electron chi connectivity index (χ4n) is 2.53. The molecule has 0 aromatic carbocycles. The van der Waals surface area contributed by atoms with Crippen LogP contribution in [0.15, 0.2) is 4.99 Å². The van der Waals surface area contributed by atoms with Gasteiger partial charge in [0.05, 0.1) is 12.5 Å². The average Bonchev–Trinajstić information content (AvgIpc) is 2.54. The van der Waals surface area contributed by atoms with Crippen LogP contribution < -0.4 is 10.6 Å². The van der Waals surface area contributed by atoms with E-state index in [1.165, 1.54) is 0 Å². The van der Waals surface area contributed by atoms with Gasteiger partial charge in [-0.3, -0.25) is 14.6 Å². The molecule has 0 aliphatic carbocycles. The molecule has 1 aliphatic rings. The Morgan fingerprint density at radius 3 is 2.20 bits per heavy atom. The number of guanidine groups is 1. The van der Waals surface area contributed by atoms with Gasteiger partial charge in [0.25, 0.3) is 0 Å². The van der Waals surface area contributed by atoms with Gasteiger partial charge >= 0.3 is 5.97 Å². The van der Waals surface area contributed by atoms with Crippen LogP contribution in [0, 0.1) is 11.3 Å². The lowest BCUT2D eigenvalue weighted by Gasteiger charge is -2.33. The number of ether oxygens (including phenoxy) is 1. The molecule has 2 N–H and O–H groups in total. The first kappa shape index (κ1) is 23.9. The van der Waals surface area contributed by atoms with Gasteiger partial charge in [-0.1, -0.05) is 20.8 Å². The van der Waals surface area contributed by atoms with Gasteiger partial charge in [0.2, 0.25) is 5.91 Å². The van der Waals surface area contributed by atoms with Crippen molar-refractivity contribution >= 4 is 41.8 Å². The summed E-state index contributed by atoms with van der Waals surface area (Å²) in [5, 5.41) is 6.17. The van der Waals surface area contributed by atoms with Crippen LogP contribution in [0.1, 0.15) is 40.5 Å². The quantitative estimate of drug-likeness (QED) is 0.211. The number of hydrogen-bond donors (Lipinski definition) is 2. The summed E-state index contributed by atoms with van der Waals surface area (Å²) in [6, 6.07) is 0. The lowest BCUT2D eigenvalue weighted by atomic mass is 9.96. The van der Waals surface area contributed by atoms with Crippen LogP contribution in [0.4, 0.5) is 0 Å². The maximum Gasteiger partial charge on any atom is 0.309 e. The predicted molar refractivity (Wildman–Crippen MR) is 110 cm³/mol. The van der Waals surface area contributed by atoms with E-state index >= 15 is 0 Å². The fraction of sp³-hybridized carbons (Fsp3) is 0.824. The zero-order valence-electron chi connectivity index (χ0n) is 16.1. The maximum atomic E-state index is 11.8. The molecular weight excluding hydrogens is 435 g/mol. The average molecular weight is 468 g/mol. The van der Waals surface area contributed by atoms with Crippen LogP contribution in [0.2, 0.25) is 0 Å². The first-order valence-electron chi connectivity index (χ1n) is 8.70. The Morgan fingerprint density at radius 1 is 1.16 bits per heavy atom. The molecule has 0 aromatic rings. The van der Waals surface area contributed by atoms with E-state index in [-0.39, 0.29) is 47.2 Å². The number of rotatable bonds is 5. The Kier molecular flexibility index (Phi) is 11.0. The van der Waals surface area contributed by atoms with Gasteiger partial charge in [-0.25, -0.2) is 0 Å². The molecule has 0 radical (unpaired) electrons. The molecule has 8 heteroatoms. The van der Waals surface area contributed by atoms with Crippen molar-refractivity contribution in [3.63, 3.8) is 0 Å². The second kappa shape index (κ2) is 11.5. The lowest BCUT2D eigenvalue weighted by Crippen LogP contribution is -2.48. The molecule has 1 heterocycles. The minimum Gasteiger partial charge on any atom is -0.466 e. The number of piperidine rings is 1. The Balaban J connectivity index is 0.00000576. The van der Waals surface area contributed by atoms with Crippen molar-refractivity contribution in [2.75, 3.05) is 39.8 Å². The van der Waals surface area contributed by atoms with Crippen LogP contribution in [0.3, 0.4) is 0 Å². The van der Waals surface area contributed by atoms with Crippen molar-refractivity contribution in [2.24, 2.45) is 16.3 Å². The zero-order valence-corrected chi connectivity index (χ0v) is 18.4. The standard InChI is InChI=1S/C17H32N4O3.HI/c1-6-24-14(22)13-7-11-21(12-8-13)16(18-5)20-10-9-19-15(23)17(2,3)4;/h13H,6-12H2,1-5H3,(H,18,20)(H,19,23);1H. The normalized spacial score (nSPS) is 16.0. The van der Waals surface area contributed by atoms with Crippen molar-refractivity contribution in [3.05, 3.63) is 0 Å². The number of hydrogen-bond acceptors (Lipinski definition) is 4. The number of nitrogens with zero attached hydrogens (tertiary/aromatic N) is 2. The largest absolute Gasteiger partial charge is 0.466 e. The van der Waals surface area contributed by atoms with Gasteiger partial charge in [-0.15, -0.1) is 24.0 Å². The van der Waals surface area contributed by atoms with Gasteiger partial charge in [0.15, 0.2) is 5.96 Å². The highest BCUT2D eigenvalue weighted by Gasteiger charge is 2.27. The summed E-state index contributed by atoms with van der Waals surface area (Å²) in [7, 11) is 1.74. The summed E-state index contributed by atoms with van der Waals surface area (Å²) >= 11 is 0. The highest BCUT2D eigenvalue weighted by Crippen LogP contribution is 2.18. The number of esters is 1. The second-order valence-corrected chi connectivity index (χ2v) is 6.99. The van der Waals surface area contributed by atoms with Crippen molar-refractivity contribution in [2.45, 2.75) is 40.5 Å². The molecule has 0 spiro atoms. The molecule has 1 fully saturated rings. The monoisotopic (exact) mass is 468 g/mol. The Hall–Kier alpha value is -1.06. The molecule has 146 valence electrons. The van der Waals surface area contributed by atoms with E-state index in [0.717, 1.165) is 31.9 Å². The fourth-order valence-corrected chi connectivity index (χ4v) is 2.53.